The predicted octanol–water partition coefficient (Wildman–Crippen LogP) is 1.52. The van der Waals surface area contributed by atoms with Gasteiger partial charge >= 0.3 is 5.97 Å². The molecule has 84 valence electrons. The number of aromatic carboxylic acids is 1. The van der Waals surface area contributed by atoms with Crippen LogP contribution in [0.15, 0.2) is 18.3 Å². The van der Waals surface area contributed by atoms with Gasteiger partial charge < -0.3 is 10.4 Å². The van der Waals surface area contributed by atoms with Gasteiger partial charge in [0.05, 0.1) is 5.56 Å². The number of nitrogens with one attached hydrogen (secondary N) is 1. The van der Waals surface area contributed by atoms with Crippen LogP contribution in [0, 0.1) is 5.92 Å². The van der Waals surface area contributed by atoms with Crippen molar-refractivity contribution in [3.05, 3.63) is 23.9 Å². The van der Waals surface area contributed by atoms with Crippen molar-refractivity contribution in [3.63, 3.8) is 0 Å². The summed E-state index contributed by atoms with van der Waals surface area (Å²) < 4.78 is 0. The molecule has 0 radical (unpaired) electrons. The Labute approximate surface area is 92.5 Å². The molecular formula is C11H12N2O3. The molecule has 1 amide bonds. The molecule has 0 aliphatic heterocycles. The zero-order chi connectivity index (χ0) is 11.5. The molecule has 1 aromatic heterocycles. The van der Waals surface area contributed by atoms with Crippen LogP contribution < -0.4 is 5.32 Å². The number of carbonyl (C=O) groups is 2. The average molecular weight is 220 g/mol. The zero-order valence-electron chi connectivity index (χ0n) is 8.64. The third-order valence-electron chi connectivity index (χ3n) is 2.45. The zero-order valence-corrected chi connectivity index (χ0v) is 8.64. The lowest BCUT2D eigenvalue weighted by Gasteiger charge is -2.03. The summed E-state index contributed by atoms with van der Waals surface area (Å²) in [6.07, 6.45) is 4.01. The van der Waals surface area contributed by atoms with Gasteiger partial charge in [-0.25, -0.2) is 9.78 Å². The van der Waals surface area contributed by atoms with E-state index in [1.54, 1.807) is 0 Å². The minimum absolute atomic E-state index is 0.0573. The molecule has 16 heavy (non-hydrogen) atoms. The standard InChI is InChI=1S/C11H12N2O3/c14-10(5-7-1-2-7)13-9-4-3-8(6-12-9)11(15)16/h3-4,6-7H,1-2,5H2,(H,15,16)(H,12,13,14). The first-order valence-electron chi connectivity index (χ1n) is 5.14. The Morgan fingerprint density at radius 2 is 2.19 bits per heavy atom. The van der Waals surface area contributed by atoms with Crippen molar-refractivity contribution in [1.82, 2.24) is 4.98 Å². The van der Waals surface area contributed by atoms with E-state index < -0.39 is 5.97 Å². The number of carboxylic acids is 1. The van der Waals surface area contributed by atoms with Crippen LogP contribution in [-0.2, 0) is 4.79 Å². The number of carboxylic acid groups (broad SMARTS) is 1. The fraction of sp³-hybridized carbons (Fsp3) is 0.364. The van der Waals surface area contributed by atoms with Crippen LogP contribution in [0.4, 0.5) is 5.82 Å². The topological polar surface area (TPSA) is 79.3 Å². The van der Waals surface area contributed by atoms with Crippen LogP contribution in [0.1, 0.15) is 29.6 Å². The molecule has 1 aromatic rings. The second-order valence-electron chi connectivity index (χ2n) is 3.93. The van der Waals surface area contributed by atoms with Crippen molar-refractivity contribution < 1.29 is 14.7 Å². The van der Waals surface area contributed by atoms with Crippen molar-refractivity contribution in [2.24, 2.45) is 5.92 Å². The van der Waals surface area contributed by atoms with Gasteiger partial charge in [0, 0.05) is 12.6 Å². The first kappa shape index (κ1) is 10.6. The largest absolute Gasteiger partial charge is 0.478 e. The normalized spacial score (nSPS) is 14.5. The summed E-state index contributed by atoms with van der Waals surface area (Å²) >= 11 is 0. The van der Waals surface area contributed by atoms with Crippen molar-refractivity contribution in [1.29, 1.82) is 0 Å². The maximum absolute atomic E-state index is 11.4. The number of hydrogen-bond acceptors (Lipinski definition) is 3. The Balaban J connectivity index is 1.93. The maximum atomic E-state index is 11.4. The molecule has 5 heteroatoms. The Morgan fingerprint density at radius 1 is 1.44 bits per heavy atom. The second-order valence-corrected chi connectivity index (χ2v) is 3.93. The van der Waals surface area contributed by atoms with Gasteiger partial charge in [-0.2, -0.15) is 0 Å². The van der Waals surface area contributed by atoms with Crippen molar-refractivity contribution >= 4 is 17.7 Å². The highest BCUT2D eigenvalue weighted by atomic mass is 16.4. The van der Waals surface area contributed by atoms with E-state index in [1.807, 2.05) is 0 Å². The van der Waals surface area contributed by atoms with E-state index in [4.69, 9.17) is 5.11 Å². The lowest BCUT2D eigenvalue weighted by atomic mass is 10.2. The number of pyridine rings is 1. The van der Waals surface area contributed by atoms with Crippen molar-refractivity contribution in [2.75, 3.05) is 5.32 Å². The molecular weight excluding hydrogens is 208 g/mol. The molecule has 0 saturated heterocycles. The number of carbonyl (C=O) groups excluding carboxylic acids is 1. The van der Waals surface area contributed by atoms with Gasteiger partial charge in [-0.05, 0) is 30.9 Å². The molecule has 2 N–H and O–H groups in total. The molecule has 2 rings (SSSR count). The molecule has 0 bridgehead atoms. The van der Waals surface area contributed by atoms with E-state index in [9.17, 15) is 9.59 Å². The second kappa shape index (κ2) is 4.30. The number of hydrogen-bond donors (Lipinski definition) is 2. The third kappa shape index (κ3) is 2.79. The molecule has 5 nitrogen and oxygen atoms in total. The Hall–Kier alpha value is -1.91. The number of aromatic nitrogens is 1. The summed E-state index contributed by atoms with van der Waals surface area (Å²) in [6, 6.07) is 2.91. The molecule has 1 aliphatic rings. The van der Waals surface area contributed by atoms with E-state index in [2.05, 4.69) is 10.3 Å². The molecule has 0 aromatic carbocycles. The van der Waals surface area contributed by atoms with Crippen molar-refractivity contribution in [3.8, 4) is 0 Å². The van der Waals surface area contributed by atoms with E-state index in [0.717, 1.165) is 12.8 Å². The SMILES string of the molecule is O=C(CC1CC1)Nc1ccc(C(=O)O)cn1. The lowest BCUT2D eigenvalue weighted by molar-refractivity contribution is -0.116. The highest BCUT2D eigenvalue weighted by Crippen LogP contribution is 2.32. The van der Waals surface area contributed by atoms with Crippen LogP contribution in [0.3, 0.4) is 0 Å². The van der Waals surface area contributed by atoms with Crippen LogP contribution in [0.25, 0.3) is 0 Å². The van der Waals surface area contributed by atoms with E-state index in [-0.39, 0.29) is 11.5 Å². The number of amides is 1. The molecule has 0 spiro atoms. The minimum atomic E-state index is -1.02. The molecule has 0 unspecified atom stereocenters. The maximum Gasteiger partial charge on any atom is 0.337 e. The summed E-state index contributed by atoms with van der Waals surface area (Å²) in [7, 11) is 0. The van der Waals surface area contributed by atoms with Gasteiger partial charge in [-0.15, -0.1) is 0 Å². The first-order chi connectivity index (χ1) is 7.65. The van der Waals surface area contributed by atoms with Crippen LogP contribution in [0.5, 0.6) is 0 Å². The predicted molar refractivity (Wildman–Crippen MR) is 57.2 cm³/mol. The van der Waals surface area contributed by atoms with Gasteiger partial charge in [0.1, 0.15) is 5.82 Å². The lowest BCUT2D eigenvalue weighted by Crippen LogP contribution is -2.13. The van der Waals surface area contributed by atoms with Crippen LogP contribution >= 0.6 is 0 Å². The van der Waals surface area contributed by atoms with Gasteiger partial charge in [0.15, 0.2) is 0 Å². The Bertz CT molecular complexity index is 410. The fourth-order valence-electron chi connectivity index (χ4n) is 1.37. The molecule has 1 heterocycles. The third-order valence-corrected chi connectivity index (χ3v) is 2.45. The summed E-state index contributed by atoms with van der Waals surface area (Å²) in [6.45, 7) is 0. The van der Waals surface area contributed by atoms with Gasteiger partial charge in [0.2, 0.25) is 5.91 Å². The molecule has 1 saturated carbocycles. The first-order valence-corrected chi connectivity index (χ1v) is 5.14. The number of nitrogens with zero attached hydrogens (tertiary/aromatic N) is 1. The van der Waals surface area contributed by atoms with Crippen LogP contribution in [-0.4, -0.2) is 22.0 Å². The molecule has 1 fully saturated rings. The summed E-state index contributed by atoms with van der Waals surface area (Å²) in [5, 5.41) is 11.3. The van der Waals surface area contributed by atoms with Gasteiger partial charge in [0.25, 0.3) is 0 Å². The van der Waals surface area contributed by atoms with Gasteiger partial charge in [-0.1, -0.05) is 0 Å². The smallest absolute Gasteiger partial charge is 0.337 e. The Morgan fingerprint density at radius 3 is 2.69 bits per heavy atom. The van der Waals surface area contributed by atoms with E-state index in [1.165, 1.54) is 18.3 Å². The number of rotatable bonds is 4. The summed E-state index contributed by atoms with van der Waals surface area (Å²) in [4.78, 5) is 25.8. The highest BCUT2D eigenvalue weighted by Gasteiger charge is 2.24. The van der Waals surface area contributed by atoms with Crippen molar-refractivity contribution in [2.45, 2.75) is 19.3 Å². The quantitative estimate of drug-likeness (QED) is 0.806. The van der Waals surface area contributed by atoms with Gasteiger partial charge in [-0.3, -0.25) is 4.79 Å². The molecule has 0 atom stereocenters. The summed E-state index contributed by atoms with van der Waals surface area (Å²) in [5.41, 5.74) is 0.111. The number of anilines is 1. The average Bonchev–Trinajstić information content (AvgIpc) is 3.02. The fourth-order valence-corrected chi connectivity index (χ4v) is 1.37. The minimum Gasteiger partial charge on any atom is -0.478 e. The van der Waals surface area contributed by atoms with Crippen LogP contribution in [0.2, 0.25) is 0 Å². The Kier molecular flexibility index (Phi) is 2.85. The summed E-state index contributed by atoms with van der Waals surface area (Å²) in [5.74, 6) is -0.157. The monoisotopic (exact) mass is 220 g/mol. The molecule has 1 aliphatic carbocycles. The van der Waals surface area contributed by atoms with E-state index in [0.29, 0.717) is 18.2 Å². The van der Waals surface area contributed by atoms with E-state index >= 15 is 0 Å². The highest BCUT2D eigenvalue weighted by molar-refractivity contribution is 5.91.